The van der Waals surface area contributed by atoms with E-state index >= 15 is 8.42 Å². The van der Waals surface area contributed by atoms with Gasteiger partial charge in [0.25, 0.3) is 0 Å². The van der Waals surface area contributed by atoms with E-state index in [4.69, 9.17) is 9.47 Å². The lowest BCUT2D eigenvalue weighted by atomic mass is 10.0. The van der Waals surface area contributed by atoms with E-state index in [1.54, 1.807) is 48.2 Å². The first kappa shape index (κ1) is 49.0. The Labute approximate surface area is 401 Å². The molecule has 64 heavy (non-hydrogen) atoms. The summed E-state index contributed by atoms with van der Waals surface area (Å²) in [6.07, 6.45) is 27.7. The van der Waals surface area contributed by atoms with E-state index in [0.29, 0.717) is 16.2 Å². The van der Waals surface area contributed by atoms with Gasteiger partial charge in [0.2, 0.25) is 9.84 Å². The highest BCUT2D eigenvalue weighted by molar-refractivity contribution is 8.05. The van der Waals surface area contributed by atoms with Crippen molar-refractivity contribution in [2.24, 2.45) is 0 Å². The number of hydrogen-bond acceptors (Lipinski definition) is 8. The lowest BCUT2D eigenvalue weighted by molar-refractivity contribution is 0.419. The van der Waals surface area contributed by atoms with Gasteiger partial charge in [-0.25, -0.2) is 8.42 Å². The van der Waals surface area contributed by atoms with Crippen molar-refractivity contribution in [1.29, 1.82) is 0 Å². The molecule has 1 aliphatic heterocycles. The summed E-state index contributed by atoms with van der Waals surface area (Å²) in [5.41, 5.74) is 7.39. The second-order valence-electron chi connectivity index (χ2n) is 18.1. The zero-order valence-corrected chi connectivity index (χ0v) is 44.1. The summed E-state index contributed by atoms with van der Waals surface area (Å²) in [4.78, 5) is 8.27. The Morgan fingerprint density at radius 3 is 1.70 bits per heavy atom. The maximum absolute atomic E-state index is 15.4. The predicted octanol–water partition coefficient (Wildman–Crippen LogP) is 18.5. The number of thiophene rings is 4. The number of benzene rings is 1. The van der Waals surface area contributed by atoms with Crippen LogP contribution in [0.25, 0.3) is 40.4 Å². The molecule has 346 valence electrons. The smallest absolute Gasteiger partial charge is 0.208 e. The number of sulfone groups is 1. The average Bonchev–Trinajstić information content (AvgIpc) is 4.14. The quantitative estimate of drug-likeness (QED) is 0.0518. The molecule has 0 N–H and O–H groups in total. The highest BCUT2D eigenvalue weighted by Gasteiger charge is 2.38. The van der Waals surface area contributed by atoms with Crippen LogP contribution in [0.5, 0.6) is 11.5 Å². The molecule has 4 nitrogen and oxygen atoms in total. The molecule has 7 rings (SSSR count). The monoisotopic (exact) mass is 956 g/mol. The van der Waals surface area contributed by atoms with Gasteiger partial charge in [0, 0.05) is 46.5 Å². The van der Waals surface area contributed by atoms with Crippen molar-refractivity contribution in [2.75, 3.05) is 14.2 Å². The van der Waals surface area contributed by atoms with Crippen molar-refractivity contribution in [3.05, 3.63) is 88.7 Å². The Balaban J connectivity index is 1.28. The average molecular weight is 958 g/mol. The zero-order valence-electron chi connectivity index (χ0n) is 40.0. The minimum atomic E-state index is -3.79. The fraction of sp³-hybridized carbons (Fsp3) is 0.527. The second kappa shape index (κ2) is 22.7. The molecule has 5 aromatic rings. The van der Waals surface area contributed by atoms with Gasteiger partial charge in [-0.3, -0.25) is 0 Å². The molecule has 0 saturated carbocycles. The summed E-state index contributed by atoms with van der Waals surface area (Å²) in [5.74, 6) is 1.78. The molecule has 5 heterocycles. The molecule has 1 aliphatic carbocycles. The molecule has 0 amide bonds. The zero-order chi connectivity index (χ0) is 45.4. The first-order valence-corrected chi connectivity index (χ1v) is 29.3. The van der Waals surface area contributed by atoms with Crippen LogP contribution in [-0.2, 0) is 22.7 Å². The first-order chi connectivity index (χ1) is 31.1. The van der Waals surface area contributed by atoms with E-state index in [1.165, 1.54) is 99.6 Å². The van der Waals surface area contributed by atoms with E-state index in [9.17, 15) is 0 Å². The second-order valence-corrected chi connectivity index (χ2v) is 24.6. The van der Waals surface area contributed by atoms with Gasteiger partial charge in [0.1, 0.15) is 11.5 Å². The Morgan fingerprint density at radius 2 is 1.09 bits per heavy atom. The van der Waals surface area contributed by atoms with Crippen LogP contribution in [0.1, 0.15) is 180 Å². The molecule has 0 spiro atoms. The van der Waals surface area contributed by atoms with Crippen molar-refractivity contribution >= 4 is 85.8 Å². The maximum atomic E-state index is 15.4. The Bertz CT molecular complexity index is 2590. The summed E-state index contributed by atoms with van der Waals surface area (Å²) in [7, 11) is -0.263. The lowest BCUT2D eigenvalue weighted by Crippen LogP contribution is -2.04. The molecule has 1 aromatic carbocycles. The van der Waals surface area contributed by atoms with Crippen molar-refractivity contribution in [3.8, 4) is 21.3 Å². The number of aryl methyl sites for hydroxylation is 4. The number of fused-ring (bicyclic) bond motifs is 2. The van der Waals surface area contributed by atoms with E-state index < -0.39 is 9.84 Å². The van der Waals surface area contributed by atoms with Crippen LogP contribution in [0.15, 0.2) is 58.0 Å². The minimum absolute atomic E-state index is 0.535. The van der Waals surface area contributed by atoms with Crippen molar-refractivity contribution < 1.29 is 17.9 Å². The molecule has 9 heteroatoms. The number of rotatable bonds is 26. The molecule has 0 atom stereocenters. The summed E-state index contributed by atoms with van der Waals surface area (Å²) >= 11 is 7.08. The molecule has 0 unspecified atom stereocenters. The van der Waals surface area contributed by atoms with Gasteiger partial charge in [-0.05, 0) is 129 Å². The number of hydrogen-bond donors (Lipinski definition) is 0. The fourth-order valence-electron chi connectivity index (χ4n) is 9.77. The molecule has 0 radical (unpaired) electrons. The fourth-order valence-corrected chi connectivity index (χ4v) is 16.8. The Hall–Kier alpha value is -2.95. The number of unbranched alkanes of at least 4 members (excludes halogenated alkanes) is 12. The highest BCUT2D eigenvalue weighted by atomic mass is 32.2. The lowest BCUT2D eigenvalue weighted by Gasteiger charge is -2.09. The maximum Gasteiger partial charge on any atom is 0.208 e. The number of allylic oxidation sites excluding steroid dienone is 6. The number of ether oxygens (including phenoxy) is 2. The van der Waals surface area contributed by atoms with Crippen molar-refractivity contribution in [2.45, 2.75) is 176 Å². The Morgan fingerprint density at radius 1 is 0.547 bits per heavy atom. The molecule has 0 saturated heterocycles. The van der Waals surface area contributed by atoms with Crippen LogP contribution >= 0.6 is 45.3 Å². The van der Waals surface area contributed by atoms with Gasteiger partial charge < -0.3 is 9.47 Å². The van der Waals surface area contributed by atoms with Gasteiger partial charge in [0.05, 0.1) is 33.4 Å². The summed E-state index contributed by atoms with van der Waals surface area (Å²) in [6, 6.07) is 9.18. The predicted molar refractivity (Wildman–Crippen MR) is 284 cm³/mol. The minimum Gasteiger partial charge on any atom is -0.495 e. The van der Waals surface area contributed by atoms with Crippen molar-refractivity contribution in [1.82, 2.24) is 0 Å². The highest BCUT2D eigenvalue weighted by Crippen LogP contribution is 2.54. The standard InChI is InChI=1S/C55H72O4S5/c1-9-13-17-21-25-38-32-46(61-37(38)6)43-31-42(30-39(43)26-22-18-14-10-2)49-34-41(28-24-20-16-12-4)55(64(49,56)57)48-33-40(27-23-19-15-11-3)52(63-48)47-35-45-51(59-8)53-44(29-36(5)60-53)50(58-7)54(45)62-47/h29-30,32-35H,9-28,31H2,1-8H3. The normalized spacial score (nSPS) is 15.1. The van der Waals surface area contributed by atoms with Crippen molar-refractivity contribution in [3.63, 3.8) is 0 Å². The van der Waals surface area contributed by atoms with Crippen LogP contribution in [0.2, 0.25) is 0 Å². The van der Waals surface area contributed by atoms with Gasteiger partial charge in [-0.1, -0.05) is 111 Å². The SMILES string of the molecule is CCCCCCC1=C(c2cc(CCCCCC)c(C)s2)CC(C2=CC(CCCCCC)=C(c3cc(CCCCCC)c(-c4cc5c(OC)c6sc(C)cc6c(OC)c5s4)s3)S2(=O)=O)=C1. The third kappa shape index (κ3) is 10.6. The molecule has 0 fully saturated rings. The van der Waals surface area contributed by atoms with Gasteiger partial charge in [-0.2, -0.15) is 0 Å². The molecular formula is C55H72O4S5. The van der Waals surface area contributed by atoms with E-state index in [0.717, 1.165) is 123 Å². The van der Waals surface area contributed by atoms with Gasteiger partial charge in [-0.15, -0.1) is 45.3 Å². The van der Waals surface area contributed by atoms with Gasteiger partial charge >= 0.3 is 0 Å². The third-order valence-corrected chi connectivity index (χ3v) is 20.1. The summed E-state index contributed by atoms with van der Waals surface area (Å²) in [6.45, 7) is 13.4. The summed E-state index contributed by atoms with van der Waals surface area (Å²) in [5, 5.41) is 2.14. The first-order valence-electron chi connectivity index (χ1n) is 24.5. The van der Waals surface area contributed by atoms with E-state index in [1.807, 2.05) is 11.3 Å². The summed E-state index contributed by atoms with van der Waals surface area (Å²) < 4.78 is 45.4. The van der Waals surface area contributed by atoms with Crippen LogP contribution in [0, 0.1) is 13.8 Å². The van der Waals surface area contributed by atoms with Gasteiger partial charge in [0.15, 0.2) is 0 Å². The molecule has 2 aliphatic rings. The van der Waals surface area contributed by atoms with Crippen LogP contribution in [0.3, 0.4) is 0 Å². The molecule has 4 aromatic heterocycles. The van der Waals surface area contributed by atoms with Crippen LogP contribution < -0.4 is 9.47 Å². The largest absolute Gasteiger partial charge is 0.495 e. The number of methoxy groups -OCH3 is 2. The Kier molecular flexibility index (Phi) is 17.4. The van der Waals surface area contributed by atoms with E-state index in [2.05, 4.69) is 78.0 Å². The van der Waals surface area contributed by atoms with Crippen LogP contribution in [-0.4, -0.2) is 22.6 Å². The third-order valence-electron chi connectivity index (χ3n) is 13.2. The van der Waals surface area contributed by atoms with E-state index in [-0.39, 0.29) is 0 Å². The molecular weight excluding hydrogens is 885 g/mol. The molecule has 0 bridgehead atoms. The topological polar surface area (TPSA) is 52.6 Å². The van der Waals surface area contributed by atoms with Crippen LogP contribution in [0.4, 0.5) is 0 Å².